The van der Waals surface area contributed by atoms with Gasteiger partial charge in [0.05, 0.1) is 10.7 Å². The van der Waals surface area contributed by atoms with Crippen LogP contribution >= 0.6 is 23.2 Å². The van der Waals surface area contributed by atoms with Crippen LogP contribution in [0.4, 0.5) is 5.82 Å². The number of para-hydroxylation sites is 1. The summed E-state index contributed by atoms with van der Waals surface area (Å²) in [5, 5.41) is 14.9. The van der Waals surface area contributed by atoms with Crippen LogP contribution in [0.5, 0.6) is 0 Å². The standard InChI is InChI=1S/C17H12Cl2N4/c1-10-4-2-3-5-15(10)23-17(21)13(9-20)16(22-23)12-7-6-11(18)8-14(12)19/h2-8H,21H2,1H3. The van der Waals surface area contributed by atoms with Gasteiger partial charge in [-0.15, -0.1) is 0 Å². The minimum absolute atomic E-state index is 0.280. The Labute approximate surface area is 143 Å². The molecular formula is C17H12Cl2N4. The van der Waals surface area contributed by atoms with Gasteiger partial charge < -0.3 is 5.73 Å². The van der Waals surface area contributed by atoms with Gasteiger partial charge in [0.1, 0.15) is 23.1 Å². The van der Waals surface area contributed by atoms with E-state index in [0.717, 1.165) is 11.3 Å². The lowest BCUT2D eigenvalue weighted by Gasteiger charge is -2.07. The van der Waals surface area contributed by atoms with E-state index < -0.39 is 0 Å². The normalized spacial score (nSPS) is 10.5. The Bertz CT molecular complexity index is 938. The van der Waals surface area contributed by atoms with Gasteiger partial charge in [0, 0.05) is 10.6 Å². The fraction of sp³-hybridized carbons (Fsp3) is 0.0588. The number of anilines is 1. The molecule has 1 aromatic heterocycles. The summed E-state index contributed by atoms with van der Waals surface area (Å²) in [5.41, 5.74) is 9.31. The van der Waals surface area contributed by atoms with Gasteiger partial charge in [-0.3, -0.25) is 0 Å². The number of halogens is 2. The first-order valence-electron chi connectivity index (χ1n) is 6.83. The third-order valence-electron chi connectivity index (χ3n) is 3.56. The molecule has 0 unspecified atom stereocenters. The maximum atomic E-state index is 9.48. The van der Waals surface area contributed by atoms with E-state index in [9.17, 15) is 5.26 Å². The van der Waals surface area contributed by atoms with Gasteiger partial charge in [-0.1, -0.05) is 41.4 Å². The predicted molar refractivity (Wildman–Crippen MR) is 92.9 cm³/mol. The molecule has 0 fully saturated rings. The molecule has 114 valence electrons. The minimum atomic E-state index is 0.280. The molecule has 23 heavy (non-hydrogen) atoms. The predicted octanol–water partition coefficient (Wildman–Crippen LogP) is 4.61. The van der Waals surface area contributed by atoms with Crippen LogP contribution in [0.2, 0.25) is 10.0 Å². The van der Waals surface area contributed by atoms with Crippen molar-refractivity contribution in [2.24, 2.45) is 0 Å². The molecule has 0 radical (unpaired) electrons. The van der Waals surface area contributed by atoms with Crippen LogP contribution in [0, 0.1) is 18.3 Å². The van der Waals surface area contributed by atoms with E-state index in [-0.39, 0.29) is 11.4 Å². The molecule has 0 saturated heterocycles. The Morgan fingerprint density at radius 2 is 1.91 bits per heavy atom. The van der Waals surface area contributed by atoms with E-state index in [2.05, 4.69) is 11.2 Å². The number of nitrogens with zero attached hydrogens (tertiary/aromatic N) is 3. The molecule has 6 heteroatoms. The Morgan fingerprint density at radius 1 is 1.17 bits per heavy atom. The summed E-state index contributed by atoms with van der Waals surface area (Å²) in [4.78, 5) is 0. The lowest BCUT2D eigenvalue weighted by molar-refractivity contribution is 0.887. The second-order valence-corrected chi connectivity index (χ2v) is 5.89. The zero-order valence-electron chi connectivity index (χ0n) is 12.2. The largest absolute Gasteiger partial charge is 0.382 e. The highest BCUT2D eigenvalue weighted by Gasteiger charge is 2.20. The van der Waals surface area contributed by atoms with Crippen LogP contribution in [0.1, 0.15) is 11.1 Å². The lowest BCUT2D eigenvalue weighted by atomic mass is 10.1. The van der Waals surface area contributed by atoms with Crippen LogP contribution in [0.25, 0.3) is 16.9 Å². The van der Waals surface area contributed by atoms with Crippen molar-refractivity contribution in [1.29, 1.82) is 5.26 Å². The topological polar surface area (TPSA) is 67.6 Å². The third-order valence-corrected chi connectivity index (χ3v) is 4.11. The number of nitriles is 1. The molecule has 1 heterocycles. The number of aromatic nitrogens is 2. The highest BCUT2D eigenvalue weighted by molar-refractivity contribution is 6.36. The minimum Gasteiger partial charge on any atom is -0.382 e. The van der Waals surface area contributed by atoms with Crippen molar-refractivity contribution in [2.75, 3.05) is 5.73 Å². The van der Waals surface area contributed by atoms with Crippen LogP contribution in [0.15, 0.2) is 42.5 Å². The smallest absolute Gasteiger partial charge is 0.145 e. The van der Waals surface area contributed by atoms with E-state index in [1.165, 1.54) is 0 Å². The lowest BCUT2D eigenvalue weighted by Crippen LogP contribution is -2.04. The molecule has 0 spiro atoms. The fourth-order valence-corrected chi connectivity index (χ4v) is 2.89. The van der Waals surface area contributed by atoms with Gasteiger partial charge >= 0.3 is 0 Å². The maximum Gasteiger partial charge on any atom is 0.145 e. The van der Waals surface area contributed by atoms with E-state index in [1.807, 2.05) is 31.2 Å². The molecule has 0 aliphatic carbocycles. The van der Waals surface area contributed by atoms with Crippen LogP contribution in [-0.4, -0.2) is 9.78 Å². The van der Waals surface area contributed by atoms with E-state index in [1.54, 1.807) is 22.9 Å². The number of benzene rings is 2. The van der Waals surface area contributed by atoms with Crippen molar-refractivity contribution in [3.63, 3.8) is 0 Å². The highest BCUT2D eigenvalue weighted by atomic mass is 35.5. The molecule has 0 saturated carbocycles. The van der Waals surface area contributed by atoms with Crippen molar-refractivity contribution >= 4 is 29.0 Å². The Kier molecular flexibility index (Phi) is 3.99. The first-order valence-corrected chi connectivity index (χ1v) is 7.58. The maximum absolute atomic E-state index is 9.48. The van der Waals surface area contributed by atoms with Crippen LogP contribution < -0.4 is 5.73 Å². The molecule has 0 atom stereocenters. The molecule has 4 nitrogen and oxygen atoms in total. The Balaban J connectivity index is 2.26. The highest BCUT2D eigenvalue weighted by Crippen LogP contribution is 2.34. The average molecular weight is 343 g/mol. The fourth-order valence-electron chi connectivity index (χ4n) is 2.40. The number of hydrogen-bond donors (Lipinski definition) is 1. The molecule has 0 aliphatic heterocycles. The second kappa shape index (κ2) is 5.96. The van der Waals surface area contributed by atoms with Crippen LogP contribution in [0.3, 0.4) is 0 Å². The number of nitrogens with two attached hydrogens (primary N) is 1. The van der Waals surface area contributed by atoms with Crippen molar-refractivity contribution in [3.8, 4) is 23.0 Å². The van der Waals surface area contributed by atoms with Gasteiger partial charge in [0.15, 0.2) is 0 Å². The Hall–Kier alpha value is -2.48. The molecule has 2 aromatic carbocycles. The van der Waals surface area contributed by atoms with E-state index in [4.69, 9.17) is 28.9 Å². The Morgan fingerprint density at radius 3 is 2.57 bits per heavy atom. The average Bonchev–Trinajstić information content (AvgIpc) is 2.84. The summed E-state index contributed by atoms with van der Waals surface area (Å²) < 4.78 is 1.56. The first-order chi connectivity index (χ1) is 11.0. The number of rotatable bonds is 2. The van der Waals surface area contributed by atoms with Crippen molar-refractivity contribution in [3.05, 3.63) is 63.6 Å². The zero-order chi connectivity index (χ0) is 16.6. The van der Waals surface area contributed by atoms with Gasteiger partial charge in [0.2, 0.25) is 0 Å². The molecule has 2 N–H and O–H groups in total. The van der Waals surface area contributed by atoms with Crippen molar-refractivity contribution in [1.82, 2.24) is 9.78 Å². The summed E-state index contributed by atoms with van der Waals surface area (Å²) in [7, 11) is 0. The summed E-state index contributed by atoms with van der Waals surface area (Å²) in [5.74, 6) is 0.280. The molecule has 3 rings (SSSR count). The van der Waals surface area contributed by atoms with E-state index >= 15 is 0 Å². The second-order valence-electron chi connectivity index (χ2n) is 5.04. The van der Waals surface area contributed by atoms with Crippen molar-refractivity contribution < 1.29 is 0 Å². The summed E-state index contributed by atoms with van der Waals surface area (Å²) in [6.07, 6.45) is 0. The summed E-state index contributed by atoms with van der Waals surface area (Å²) >= 11 is 12.2. The summed E-state index contributed by atoms with van der Waals surface area (Å²) in [6, 6.07) is 14.8. The zero-order valence-corrected chi connectivity index (χ0v) is 13.7. The first kappa shape index (κ1) is 15.4. The van der Waals surface area contributed by atoms with Gasteiger partial charge in [-0.25, -0.2) is 4.68 Å². The molecule has 3 aromatic rings. The number of hydrogen-bond acceptors (Lipinski definition) is 3. The molecule has 0 bridgehead atoms. The number of nitrogen functional groups attached to an aromatic ring is 1. The third kappa shape index (κ3) is 2.65. The summed E-state index contributed by atoms with van der Waals surface area (Å²) in [6.45, 7) is 1.96. The monoisotopic (exact) mass is 342 g/mol. The van der Waals surface area contributed by atoms with E-state index in [0.29, 0.717) is 21.3 Å². The van der Waals surface area contributed by atoms with Gasteiger partial charge in [-0.2, -0.15) is 10.4 Å². The van der Waals surface area contributed by atoms with Crippen molar-refractivity contribution in [2.45, 2.75) is 6.92 Å². The molecule has 0 amide bonds. The SMILES string of the molecule is Cc1ccccc1-n1nc(-c2ccc(Cl)cc2Cl)c(C#N)c1N. The van der Waals surface area contributed by atoms with Gasteiger partial charge in [0.25, 0.3) is 0 Å². The number of aryl methyl sites for hydroxylation is 1. The molecular weight excluding hydrogens is 331 g/mol. The quantitative estimate of drug-likeness (QED) is 0.739. The van der Waals surface area contributed by atoms with Gasteiger partial charge in [-0.05, 0) is 36.8 Å². The molecule has 0 aliphatic rings. The van der Waals surface area contributed by atoms with Crippen LogP contribution in [-0.2, 0) is 0 Å².